The van der Waals surface area contributed by atoms with Crippen molar-refractivity contribution in [3.05, 3.63) is 59.8 Å². The molecule has 2 heterocycles. The van der Waals surface area contributed by atoms with Crippen molar-refractivity contribution >= 4 is 17.9 Å². The number of nitrogens with zero attached hydrogens (tertiary/aromatic N) is 2. The molecule has 0 N–H and O–H groups in total. The van der Waals surface area contributed by atoms with Crippen LogP contribution in [-0.2, 0) is 11.3 Å². The normalized spacial score (nSPS) is 20.4. The fourth-order valence-electron chi connectivity index (χ4n) is 4.31. The minimum atomic E-state index is -0.223. The maximum absolute atomic E-state index is 12.8. The van der Waals surface area contributed by atoms with Gasteiger partial charge in [-0.15, -0.1) is 11.8 Å². The molecule has 1 amide bonds. The van der Waals surface area contributed by atoms with E-state index in [0.717, 1.165) is 42.0 Å². The van der Waals surface area contributed by atoms with E-state index in [0.29, 0.717) is 11.9 Å². The molecule has 4 rings (SSSR count). The van der Waals surface area contributed by atoms with Crippen LogP contribution >= 0.6 is 11.8 Å². The van der Waals surface area contributed by atoms with Gasteiger partial charge in [-0.05, 0) is 49.3 Å². The molecule has 29 heavy (non-hydrogen) atoms. The number of carbonyl (C=O) groups is 1. The first-order valence-corrected chi connectivity index (χ1v) is 11.8. The molecule has 154 valence electrons. The molecule has 1 aliphatic carbocycles. The summed E-state index contributed by atoms with van der Waals surface area (Å²) in [7, 11) is 0. The number of ether oxygens (including phenoxy) is 1. The number of pyridine rings is 1. The van der Waals surface area contributed by atoms with E-state index in [2.05, 4.69) is 12.1 Å². The fraction of sp³-hybridized carbons (Fsp3) is 0.500. The van der Waals surface area contributed by atoms with E-state index >= 15 is 0 Å². The molecular formula is C24H30N2O2S. The van der Waals surface area contributed by atoms with Crippen LogP contribution in [0.5, 0.6) is 0 Å². The highest BCUT2D eigenvalue weighted by atomic mass is 32.2. The minimum Gasteiger partial charge on any atom is -0.445 e. The summed E-state index contributed by atoms with van der Waals surface area (Å²) in [6.45, 7) is 1.06. The van der Waals surface area contributed by atoms with E-state index in [1.165, 1.54) is 32.1 Å². The quantitative estimate of drug-likeness (QED) is 0.574. The molecule has 2 fully saturated rings. The number of thioether (sulfide) groups is 1. The molecule has 1 saturated heterocycles. The minimum absolute atomic E-state index is 0.0632. The van der Waals surface area contributed by atoms with Gasteiger partial charge in [0.25, 0.3) is 0 Å². The Morgan fingerprint density at radius 2 is 1.79 bits per heavy atom. The lowest BCUT2D eigenvalue weighted by Gasteiger charge is -2.35. The van der Waals surface area contributed by atoms with Crippen molar-refractivity contribution in [3.8, 4) is 0 Å². The Balaban J connectivity index is 1.38. The molecule has 5 heteroatoms. The second-order valence-corrected chi connectivity index (χ2v) is 9.37. The monoisotopic (exact) mass is 410 g/mol. The summed E-state index contributed by atoms with van der Waals surface area (Å²) in [5.74, 6) is 0. The summed E-state index contributed by atoms with van der Waals surface area (Å²) in [5, 5.41) is 1.82. The Morgan fingerprint density at radius 1 is 1.00 bits per heavy atom. The Morgan fingerprint density at radius 3 is 2.55 bits per heavy atom. The van der Waals surface area contributed by atoms with Gasteiger partial charge in [0.15, 0.2) is 0 Å². The van der Waals surface area contributed by atoms with Crippen molar-refractivity contribution in [2.75, 3.05) is 6.54 Å². The van der Waals surface area contributed by atoms with Gasteiger partial charge in [0.05, 0.1) is 11.1 Å². The molecule has 2 aliphatic rings. The average molecular weight is 411 g/mol. The molecule has 1 aromatic carbocycles. The third-order valence-electron chi connectivity index (χ3n) is 5.93. The van der Waals surface area contributed by atoms with Crippen molar-refractivity contribution < 1.29 is 9.53 Å². The van der Waals surface area contributed by atoms with E-state index < -0.39 is 0 Å². The number of hydrogen-bond donors (Lipinski definition) is 0. The van der Waals surface area contributed by atoms with Gasteiger partial charge >= 0.3 is 6.09 Å². The largest absolute Gasteiger partial charge is 0.445 e. The third-order valence-corrected chi connectivity index (χ3v) is 7.21. The third kappa shape index (κ3) is 5.53. The van der Waals surface area contributed by atoms with Crippen LogP contribution in [0.15, 0.2) is 53.7 Å². The number of likely N-dealkylation sites (tertiary alicyclic amines) is 1. The number of rotatable bonds is 5. The van der Waals surface area contributed by atoms with Gasteiger partial charge in [-0.1, -0.05) is 55.7 Å². The van der Waals surface area contributed by atoms with E-state index in [1.54, 1.807) is 0 Å². The predicted molar refractivity (Wildman–Crippen MR) is 117 cm³/mol. The zero-order valence-electron chi connectivity index (χ0n) is 17.0. The number of aromatic nitrogens is 1. The van der Waals surface area contributed by atoms with Crippen molar-refractivity contribution in [1.82, 2.24) is 9.88 Å². The summed E-state index contributed by atoms with van der Waals surface area (Å²) >= 11 is 1.92. The lowest BCUT2D eigenvalue weighted by atomic mass is 9.97. The van der Waals surface area contributed by atoms with Gasteiger partial charge in [0, 0.05) is 18.0 Å². The Hall–Kier alpha value is -2.01. The van der Waals surface area contributed by atoms with E-state index in [1.807, 2.05) is 53.2 Å². The highest BCUT2D eigenvalue weighted by Crippen LogP contribution is 2.35. The van der Waals surface area contributed by atoms with Crippen molar-refractivity contribution in [3.63, 3.8) is 0 Å². The van der Waals surface area contributed by atoms with Gasteiger partial charge in [-0.2, -0.15) is 0 Å². The molecule has 0 spiro atoms. The highest BCUT2D eigenvalue weighted by molar-refractivity contribution is 7.99. The van der Waals surface area contributed by atoms with E-state index in [4.69, 9.17) is 9.72 Å². The molecule has 0 unspecified atom stereocenters. The highest BCUT2D eigenvalue weighted by Gasteiger charge is 2.29. The molecule has 0 radical (unpaired) electrons. The van der Waals surface area contributed by atoms with Crippen LogP contribution in [0.1, 0.15) is 68.5 Å². The molecule has 1 saturated carbocycles. The molecule has 0 bridgehead atoms. The first-order valence-electron chi connectivity index (χ1n) is 10.9. The number of carbonyl (C=O) groups excluding carboxylic acids is 1. The Bertz CT molecular complexity index is 775. The van der Waals surface area contributed by atoms with Crippen LogP contribution < -0.4 is 0 Å². The topological polar surface area (TPSA) is 42.4 Å². The van der Waals surface area contributed by atoms with Crippen molar-refractivity contribution in [2.24, 2.45) is 0 Å². The fourth-order valence-corrected chi connectivity index (χ4v) is 5.48. The van der Waals surface area contributed by atoms with Gasteiger partial charge in [-0.25, -0.2) is 9.78 Å². The van der Waals surface area contributed by atoms with Crippen LogP contribution in [-0.4, -0.2) is 27.8 Å². The van der Waals surface area contributed by atoms with Crippen molar-refractivity contribution in [1.29, 1.82) is 0 Å². The second kappa shape index (κ2) is 10.1. The number of piperidine rings is 1. The maximum Gasteiger partial charge on any atom is 0.410 e. The van der Waals surface area contributed by atoms with Gasteiger partial charge in [0.2, 0.25) is 0 Å². The molecule has 1 aromatic heterocycles. The standard InChI is InChI=1S/C24H30N2O2S/c27-24(28-18-19-9-3-1-4-10-19)26-16-8-7-13-22(26)20-14-15-23(25-17-20)29-21-11-5-2-6-12-21/h1,3-4,9-10,14-15,17,21-22H,2,5-8,11-13,16,18H2/t22-/m0/s1. The van der Waals surface area contributed by atoms with Crippen molar-refractivity contribution in [2.45, 2.75) is 74.3 Å². The van der Waals surface area contributed by atoms with Gasteiger partial charge in [0.1, 0.15) is 6.61 Å². The van der Waals surface area contributed by atoms with E-state index in [9.17, 15) is 4.79 Å². The maximum atomic E-state index is 12.8. The summed E-state index contributed by atoms with van der Waals surface area (Å²) < 4.78 is 5.61. The number of amides is 1. The summed E-state index contributed by atoms with van der Waals surface area (Å²) in [6, 6.07) is 14.2. The second-order valence-electron chi connectivity index (χ2n) is 8.05. The zero-order chi connectivity index (χ0) is 19.9. The van der Waals surface area contributed by atoms with Crippen LogP contribution in [0.2, 0.25) is 0 Å². The van der Waals surface area contributed by atoms with Gasteiger partial charge < -0.3 is 9.64 Å². The lowest BCUT2D eigenvalue weighted by Crippen LogP contribution is -2.38. The molecule has 1 atom stereocenters. The summed E-state index contributed by atoms with van der Waals surface area (Å²) in [5.41, 5.74) is 2.13. The smallest absolute Gasteiger partial charge is 0.410 e. The first-order chi connectivity index (χ1) is 14.3. The van der Waals surface area contributed by atoms with Gasteiger partial charge in [-0.3, -0.25) is 0 Å². The molecule has 2 aromatic rings. The Labute approximate surface area is 178 Å². The lowest BCUT2D eigenvalue weighted by molar-refractivity contribution is 0.0678. The molecule has 4 nitrogen and oxygen atoms in total. The van der Waals surface area contributed by atoms with Crippen LogP contribution in [0.25, 0.3) is 0 Å². The summed E-state index contributed by atoms with van der Waals surface area (Å²) in [4.78, 5) is 19.4. The van der Waals surface area contributed by atoms with Crippen LogP contribution in [0.3, 0.4) is 0 Å². The van der Waals surface area contributed by atoms with E-state index in [-0.39, 0.29) is 12.1 Å². The SMILES string of the molecule is O=C(OCc1ccccc1)N1CCCC[C@H]1c1ccc(SC2CCCCC2)nc1. The van der Waals surface area contributed by atoms with Crippen LogP contribution in [0.4, 0.5) is 4.79 Å². The number of benzene rings is 1. The molecule has 1 aliphatic heterocycles. The predicted octanol–water partition coefficient (Wildman–Crippen LogP) is 6.37. The Kier molecular flexibility index (Phi) is 7.09. The summed E-state index contributed by atoms with van der Waals surface area (Å²) in [6.07, 6.45) is 11.5. The zero-order valence-corrected chi connectivity index (χ0v) is 17.8. The average Bonchev–Trinajstić information content (AvgIpc) is 2.79. The number of hydrogen-bond acceptors (Lipinski definition) is 4. The first kappa shape index (κ1) is 20.3. The van der Waals surface area contributed by atoms with Crippen LogP contribution in [0, 0.1) is 0 Å². The molecular weight excluding hydrogens is 380 g/mol.